The van der Waals surface area contributed by atoms with Crippen LogP contribution in [0.3, 0.4) is 0 Å². The third-order valence-electron chi connectivity index (χ3n) is 3.10. The van der Waals surface area contributed by atoms with E-state index in [9.17, 15) is 8.42 Å². The smallest absolute Gasteiger partial charge is 0.242 e. The maximum absolute atomic E-state index is 12.3. The van der Waals surface area contributed by atoms with Crippen LogP contribution >= 0.6 is 11.6 Å². The van der Waals surface area contributed by atoms with Crippen molar-refractivity contribution >= 4 is 21.6 Å². The molecule has 122 valence electrons. The van der Waals surface area contributed by atoms with Crippen LogP contribution in [0.2, 0.25) is 0 Å². The van der Waals surface area contributed by atoms with Gasteiger partial charge in [0, 0.05) is 38.7 Å². The number of hydrogen-bond donors (Lipinski definition) is 1. The summed E-state index contributed by atoms with van der Waals surface area (Å²) in [7, 11) is -0.544. The molecule has 1 unspecified atom stereocenters. The average molecular weight is 339 g/mol. The van der Waals surface area contributed by atoms with Gasteiger partial charge < -0.3 is 14.0 Å². The second-order valence-electron chi connectivity index (χ2n) is 4.97. The summed E-state index contributed by atoms with van der Waals surface area (Å²) in [5.74, 6) is 0.262. The van der Waals surface area contributed by atoms with Crippen molar-refractivity contribution in [2.45, 2.75) is 36.8 Å². The van der Waals surface area contributed by atoms with Crippen molar-refractivity contribution in [1.29, 1.82) is 0 Å². The van der Waals surface area contributed by atoms with Crippen LogP contribution in [-0.2, 0) is 25.4 Å². The molecule has 0 aromatic carbocycles. The number of ether oxygens (including phenoxy) is 2. The van der Waals surface area contributed by atoms with Gasteiger partial charge in [-0.15, -0.1) is 11.6 Å². The Morgan fingerprint density at radius 3 is 2.48 bits per heavy atom. The Bertz CT molecular complexity index is 542. The van der Waals surface area contributed by atoms with Gasteiger partial charge in [-0.1, -0.05) is 0 Å². The molecule has 0 amide bonds. The predicted octanol–water partition coefficient (Wildman–Crippen LogP) is 1.75. The highest BCUT2D eigenvalue weighted by Crippen LogP contribution is 2.20. The molecule has 0 aliphatic carbocycles. The van der Waals surface area contributed by atoms with Crippen molar-refractivity contribution in [2.24, 2.45) is 0 Å². The number of sulfonamides is 1. The first kappa shape index (κ1) is 18.4. The molecule has 1 heterocycles. The van der Waals surface area contributed by atoms with Gasteiger partial charge in [-0.2, -0.15) is 0 Å². The highest BCUT2D eigenvalue weighted by Gasteiger charge is 2.20. The van der Waals surface area contributed by atoms with Gasteiger partial charge in [0.2, 0.25) is 10.0 Å². The third kappa shape index (κ3) is 4.96. The number of aromatic nitrogens is 1. The molecule has 0 radical (unpaired) electrons. The van der Waals surface area contributed by atoms with E-state index in [-0.39, 0.29) is 29.5 Å². The van der Waals surface area contributed by atoms with Gasteiger partial charge in [-0.25, -0.2) is 13.1 Å². The van der Waals surface area contributed by atoms with E-state index >= 15 is 0 Å². The molecule has 1 aromatic rings. The van der Waals surface area contributed by atoms with Crippen LogP contribution in [0, 0.1) is 0 Å². The monoisotopic (exact) mass is 338 g/mol. The molecule has 0 saturated heterocycles. The number of alkyl halides is 1. The Morgan fingerprint density at radius 1 is 1.38 bits per heavy atom. The van der Waals surface area contributed by atoms with Crippen molar-refractivity contribution in [3.63, 3.8) is 0 Å². The molecule has 1 aromatic heterocycles. The summed E-state index contributed by atoms with van der Waals surface area (Å²) in [6, 6.07) is 1.73. The van der Waals surface area contributed by atoms with Gasteiger partial charge in [-0.3, -0.25) is 0 Å². The minimum atomic E-state index is -3.59. The molecule has 0 bridgehead atoms. The van der Waals surface area contributed by atoms with Crippen LogP contribution in [0.5, 0.6) is 0 Å². The van der Waals surface area contributed by atoms with E-state index in [0.29, 0.717) is 6.61 Å². The van der Waals surface area contributed by atoms with Gasteiger partial charge in [-0.05, 0) is 19.9 Å². The van der Waals surface area contributed by atoms with E-state index in [2.05, 4.69) is 4.72 Å². The number of nitrogens with zero attached hydrogens (tertiary/aromatic N) is 1. The summed E-state index contributed by atoms with van der Waals surface area (Å²) in [6.07, 6.45) is 1.27. The maximum atomic E-state index is 12.3. The predicted molar refractivity (Wildman–Crippen MR) is 82.2 cm³/mol. The lowest BCUT2D eigenvalue weighted by atomic mass is 10.4. The summed E-state index contributed by atoms with van der Waals surface area (Å²) in [5.41, 5.74) is 0.771. The molecule has 1 N–H and O–H groups in total. The summed E-state index contributed by atoms with van der Waals surface area (Å²) in [4.78, 5) is 0.208. The molecule has 0 saturated carbocycles. The van der Waals surface area contributed by atoms with E-state index in [0.717, 1.165) is 5.69 Å². The fourth-order valence-corrected chi connectivity index (χ4v) is 3.24. The van der Waals surface area contributed by atoms with E-state index in [1.165, 1.54) is 14.2 Å². The van der Waals surface area contributed by atoms with Crippen LogP contribution in [0.15, 0.2) is 17.2 Å². The second kappa shape index (κ2) is 8.14. The average Bonchev–Trinajstić information content (AvgIpc) is 2.88. The molecule has 6 nitrogen and oxygen atoms in total. The lowest BCUT2D eigenvalue weighted by Crippen LogP contribution is -2.35. The van der Waals surface area contributed by atoms with Crippen LogP contribution in [0.4, 0.5) is 0 Å². The fraction of sp³-hybridized carbons (Fsp3) is 0.692. The Balaban J connectivity index is 2.88. The zero-order valence-corrected chi connectivity index (χ0v) is 14.4. The molecular formula is C13H23ClN2O4S. The van der Waals surface area contributed by atoms with Gasteiger partial charge in [0.05, 0.1) is 23.5 Å². The highest BCUT2D eigenvalue weighted by atomic mass is 35.5. The number of halogens is 1. The van der Waals surface area contributed by atoms with Crippen LogP contribution in [-0.4, -0.2) is 46.5 Å². The first-order valence-electron chi connectivity index (χ1n) is 6.63. The minimum absolute atomic E-state index is 0.142. The first-order chi connectivity index (χ1) is 9.85. The van der Waals surface area contributed by atoms with E-state index in [1.54, 1.807) is 12.3 Å². The fourth-order valence-electron chi connectivity index (χ4n) is 1.91. The molecular weight excluding hydrogens is 316 g/mol. The minimum Gasteiger partial charge on any atom is -0.382 e. The summed E-state index contributed by atoms with van der Waals surface area (Å²) in [5, 5.41) is 0. The topological polar surface area (TPSA) is 69.6 Å². The van der Waals surface area contributed by atoms with E-state index in [1.807, 2.05) is 18.4 Å². The van der Waals surface area contributed by atoms with Crippen LogP contribution in [0.1, 0.15) is 25.6 Å². The van der Waals surface area contributed by atoms with Crippen molar-refractivity contribution in [2.75, 3.05) is 27.4 Å². The van der Waals surface area contributed by atoms with E-state index in [4.69, 9.17) is 21.1 Å². The first-order valence-corrected chi connectivity index (χ1v) is 8.65. The van der Waals surface area contributed by atoms with E-state index < -0.39 is 10.0 Å². The number of hydrogen-bond acceptors (Lipinski definition) is 4. The Hall–Kier alpha value is -0.600. The summed E-state index contributed by atoms with van der Waals surface area (Å²) in [6.45, 7) is 4.41. The Labute approximate surface area is 131 Å². The SMILES string of the molecule is COCC(CNS(=O)(=O)c1cc(CCl)n(C(C)C)c1)OC. The standard InChI is InChI=1S/C13H23ClN2O4S/c1-10(2)16-8-13(5-11(16)6-14)21(17,18)15-7-12(20-4)9-19-3/h5,8,10,12,15H,6-7,9H2,1-4H3. The normalized spacial score (nSPS) is 13.8. The van der Waals surface area contributed by atoms with Crippen molar-refractivity contribution in [3.05, 3.63) is 18.0 Å². The molecule has 0 aliphatic rings. The molecule has 8 heteroatoms. The van der Waals surface area contributed by atoms with Crippen molar-refractivity contribution < 1.29 is 17.9 Å². The number of methoxy groups -OCH3 is 2. The molecule has 21 heavy (non-hydrogen) atoms. The zero-order chi connectivity index (χ0) is 16.0. The van der Waals surface area contributed by atoms with Crippen LogP contribution < -0.4 is 4.72 Å². The quantitative estimate of drug-likeness (QED) is 0.696. The van der Waals surface area contributed by atoms with Gasteiger partial charge >= 0.3 is 0 Å². The zero-order valence-electron chi connectivity index (χ0n) is 12.8. The lowest BCUT2D eigenvalue weighted by Gasteiger charge is -2.14. The largest absolute Gasteiger partial charge is 0.382 e. The summed E-state index contributed by atoms with van der Waals surface area (Å²) >= 11 is 5.86. The van der Waals surface area contributed by atoms with Crippen molar-refractivity contribution in [3.8, 4) is 0 Å². The Morgan fingerprint density at radius 2 is 2.05 bits per heavy atom. The second-order valence-corrected chi connectivity index (χ2v) is 7.00. The molecule has 1 rings (SSSR count). The molecule has 0 aliphatic heterocycles. The van der Waals surface area contributed by atoms with Crippen molar-refractivity contribution in [1.82, 2.24) is 9.29 Å². The van der Waals surface area contributed by atoms with Crippen LogP contribution in [0.25, 0.3) is 0 Å². The molecule has 1 atom stereocenters. The lowest BCUT2D eigenvalue weighted by molar-refractivity contribution is 0.0320. The highest BCUT2D eigenvalue weighted by molar-refractivity contribution is 7.89. The molecule has 0 spiro atoms. The Kier molecular flexibility index (Phi) is 7.15. The molecule has 0 fully saturated rings. The number of rotatable bonds is 9. The third-order valence-corrected chi connectivity index (χ3v) is 4.76. The maximum Gasteiger partial charge on any atom is 0.242 e. The van der Waals surface area contributed by atoms with Gasteiger partial charge in [0.1, 0.15) is 0 Å². The number of nitrogens with one attached hydrogen (secondary N) is 1. The van der Waals surface area contributed by atoms with Gasteiger partial charge in [0.15, 0.2) is 0 Å². The van der Waals surface area contributed by atoms with Gasteiger partial charge in [0.25, 0.3) is 0 Å². The summed E-state index contributed by atoms with van der Waals surface area (Å²) < 4.78 is 39.1.